The minimum atomic E-state index is -0.377. The Bertz CT molecular complexity index is 383. The number of allylic oxidation sites excluding steroid dienone is 1. The summed E-state index contributed by atoms with van der Waals surface area (Å²) in [6.07, 6.45) is 4.75. The molecular weight excluding hydrogens is 164 g/mol. The molecule has 2 rings (SSSR count). The molecule has 0 bridgehead atoms. The van der Waals surface area contributed by atoms with Gasteiger partial charge in [0, 0.05) is 11.3 Å². The molecule has 0 radical (unpaired) electrons. The van der Waals surface area contributed by atoms with E-state index in [0.717, 1.165) is 17.7 Å². The molecule has 3 nitrogen and oxygen atoms in total. The lowest BCUT2D eigenvalue weighted by Crippen LogP contribution is -2.12. The summed E-state index contributed by atoms with van der Waals surface area (Å²) < 4.78 is 0. The van der Waals surface area contributed by atoms with Crippen LogP contribution in [0.5, 0.6) is 0 Å². The number of hydrogen-bond acceptors (Lipinski definition) is 2. The topological polar surface area (TPSA) is 55.1 Å². The quantitative estimate of drug-likeness (QED) is 0.673. The van der Waals surface area contributed by atoms with Crippen LogP contribution in [-0.4, -0.2) is 5.91 Å². The zero-order valence-corrected chi connectivity index (χ0v) is 7.08. The highest BCUT2D eigenvalue weighted by Gasteiger charge is 2.07. The van der Waals surface area contributed by atoms with Crippen molar-refractivity contribution in [3.8, 4) is 0 Å². The first-order chi connectivity index (χ1) is 6.27. The van der Waals surface area contributed by atoms with Crippen LogP contribution in [0.3, 0.4) is 0 Å². The highest BCUT2D eigenvalue weighted by atomic mass is 16.1. The third-order valence-corrected chi connectivity index (χ3v) is 2.08. The van der Waals surface area contributed by atoms with Gasteiger partial charge in [-0.1, -0.05) is 6.08 Å². The molecule has 0 saturated heterocycles. The molecule has 0 fully saturated rings. The molecular formula is C10H10N2O. The Labute approximate surface area is 76.2 Å². The molecule has 1 amide bonds. The molecule has 66 valence electrons. The maximum absolute atomic E-state index is 10.9. The van der Waals surface area contributed by atoms with Crippen LogP contribution in [0.2, 0.25) is 0 Å². The van der Waals surface area contributed by atoms with E-state index in [1.54, 1.807) is 6.07 Å². The lowest BCUT2D eigenvalue weighted by atomic mass is 10.0. The van der Waals surface area contributed by atoms with E-state index in [1.807, 2.05) is 24.4 Å². The van der Waals surface area contributed by atoms with Gasteiger partial charge in [0.25, 0.3) is 0 Å². The summed E-state index contributed by atoms with van der Waals surface area (Å²) in [4.78, 5) is 10.9. The first kappa shape index (κ1) is 7.86. The van der Waals surface area contributed by atoms with Gasteiger partial charge in [-0.15, -0.1) is 0 Å². The summed E-state index contributed by atoms with van der Waals surface area (Å²) in [5.74, 6) is -0.377. The molecule has 0 atom stereocenters. The van der Waals surface area contributed by atoms with Crippen LogP contribution in [0, 0.1) is 0 Å². The monoisotopic (exact) mass is 174 g/mol. The fourth-order valence-corrected chi connectivity index (χ4v) is 1.39. The van der Waals surface area contributed by atoms with Crippen LogP contribution in [0.25, 0.3) is 0 Å². The van der Waals surface area contributed by atoms with Crippen molar-refractivity contribution in [2.45, 2.75) is 6.42 Å². The predicted molar refractivity (Wildman–Crippen MR) is 51.4 cm³/mol. The molecule has 3 N–H and O–H groups in total. The van der Waals surface area contributed by atoms with Crippen molar-refractivity contribution in [3.05, 3.63) is 41.6 Å². The van der Waals surface area contributed by atoms with E-state index in [1.165, 1.54) is 0 Å². The second-order valence-electron chi connectivity index (χ2n) is 2.99. The molecule has 0 aromatic heterocycles. The van der Waals surface area contributed by atoms with Crippen LogP contribution in [-0.2, 0) is 6.42 Å². The predicted octanol–water partition coefficient (Wildman–Crippen LogP) is 1.27. The summed E-state index contributed by atoms with van der Waals surface area (Å²) in [6, 6.07) is 5.43. The fourth-order valence-electron chi connectivity index (χ4n) is 1.39. The summed E-state index contributed by atoms with van der Waals surface area (Å²) >= 11 is 0. The van der Waals surface area contributed by atoms with Crippen LogP contribution in [0.15, 0.2) is 30.5 Å². The maximum atomic E-state index is 10.9. The number of rotatable bonds is 1. The zero-order chi connectivity index (χ0) is 9.26. The minimum Gasteiger partial charge on any atom is -0.366 e. The largest absolute Gasteiger partial charge is 0.366 e. The van der Waals surface area contributed by atoms with E-state index in [9.17, 15) is 4.79 Å². The van der Waals surface area contributed by atoms with Gasteiger partial charge < -0.3 is 11.1 Å². The van der Waals surface area contributed by atoms with Gasteiger partial charge in [0.05, 0.1) is 0 Å². The molecule has 0 unspecified atom stereocenters. The summed E-state index contributed by atoms with van der Waals surface area (Å²) in [6.45, 7) is 0. The number of nitrogens with two attached hydrogens (primary N) is 1. The Kier molecular flexibility index (Phi) is 1.77. The summed E-state index contributed by atoms with van der Waals surface area (Å²) in [7, 11) is 0. The van der Waals surface area contributed by atoms with Crippen molar-refractivity contribution in [1.82, 2.24) is 0 Å². The highest BCUT2D eigenvalue weighted by Crippen LogP contribution is 2.21. The number of fused-ring (bicyclic) bond motifs is 1. The van der Waals surface area contributed by atoms with E-state index in [4.69, 9.17) is 5.73 Å². The first-order valence-corrected chi connectivity index (χ1v) is 4.11. The van der Waals surface area contributed by atoms with Crippen molar-refractivity contribution in [3.63, 3.8) is 0 Å². The lowest BCUT2D eigenvalue weighted by molar-refractivity contribution is 0.1000. The van der Waals surface area contributed by atoms with Gasteiger partial charge in [-0.05, 0) is 36.4 Å². The Morgan fingerprint density at radius 2 is 2.31 bits per heavy atom. The molecule has 1 heterocycles. The number of primary amides is 1. The van der Waals surface area contributed by atoms with Gasteiger partial charge in [-0.25, -0.2) is 0 Å². The molecule has 1 aromatic carbocycles. The van der Waals surface area contributed by atoms with Gasteiger partial charge >= 0.3 is 0 Å². The normalized spacial score (nSPS) is 13.2. The first-order valence-electron chi connectivity index (χ1n) is 4.11. The molecule has 0 spiro atoms. The minimum absolute atomic E-state index is 0.377. The molecule has 13 heavy (non-hydrogen) atoms. The standard InChI is InChI=1S/C10H10N2O/c11-10(13)8-3-4-9-7(6-8)2-1-5-12-9/h1,3-6,12H,2H2,(H2,11,13). The number of nitrogens with one attached hydrogen (secondary N) is 1. The highest BCUT2D eigenvalue weighted by molar-refractivity contribution is 5.93. The van der Waals surface area contributed by atoms with E-state index < -0.39 is 0 Å². The van der Waals surface area contributed by atoms with Gasteiger partial charge in [-0.2, -0.15) is 0 Å². The third-order valence-electron chi connectivity index (χ3n) is 2.08. The third kappa shape index (κ3) is 1.40. The average Bonchev–Trinajstić information content (AvgIpc) is 2.17. The van der Waals surface area contributed by atoms with Crippen molar-refractivity contribution in [2.75, 3.05) is 5.32 Å². The van der Waals surface area contributed by atoms with Gasteiger partial charge in [0.15, 0.2) is 0 Å². The smallest absolute Gasteiger partial charge is 0.248 e. The Morgan fingerprint density at radius 3 is 3.08 bits per heavy atom. The van der Waals surface area contributed by atoms with Crippen molar-refractivity contribution in [2.24, 2.45) is 5.73 Å². The van der Waals surface area contributed by atoms with E-state index >= 15 is 0 Å². The lowest BCUT2D eigenvalue weighted by Gasteiger charge is -2.12. The van der Waals surface area contributed by atoms with Crippen molar-refractivity contribution < 1.29 is 4.79 Å². The number of carbonyl (C=O) groups is 1. The second kappa shape index (κ2) is 2.94. The Balaban J connectivity index is 2.44. The number of carbonyl (C=O) groups excluding carboxylic acids is 1. The molecule has 3 heteroatoms. The summed E-state index contributed by atoms with van der Waals surface area (Å²) in [5, 5.41) is 3.10. The zero-order valence-electron chi connectivity index (χ0n) is 7.08. The van der Waals surface area contributed by atoms with Gasteiger partial charge in [0.1, 0.15) is 0 Å². The van der Waals surface area contributed by atoms with Crippen LogP contribution < -0.4 is 11.1 Å². The van der Waals surface area contributed by atoms with Crippen LogP contribution in [0.4, 0.5) is 5.69 Å². The van der Waals surface area contributed by atoms with E-state index in [0.29, 0.717) is 5.56 Å². The van der Waals surface area contributed by atoms with Gasteiger partial charge in [0.2, 0.25) is 5.91 Å². The van der Waals surface area contributed by atoms with Crippen LogP contribution >= 0.6 is 0 Å². The SMILES string of the molecule is NC(=O)c1ccc2c(c1)CC=CN2. The fraction of sp³-hybridized carbons (Fsp3) is 0.100. The molecule has 1 aliphatic heterocycles. The van der Waals surface area contributed by atoms with Gasteiger partial charge in [-0.3, -0.25) is 4.79 Å². The molecule has 1 aliphatic rings. The van der Waals surface area contributed by atoms with Crippen molar-refractivity contribution in [1.29, 1.82) is 0 Å². The van der Waals surface area contributed by atoms with Crippen molar-refractivity contribution >= 4 is 11.6 Å². The average molecular weight is 174 g/mol. The Hall–Kier alpha value is -1.77. The Morgan fingerprint density at radius 1 is 1.46 bits per heavy atom. The maximum Gasteiger partial charge on any atom is 0.248 e. The van der Waals surface area contributed by atoms with E-state index in [2.05, 4.69) is 5.32 Å². The number of amides is 1. The molecule has 0 aliphatic carbocycles. The number of hydrogen-bond donors (Lipinski definition) is 2. The summed E-state index contributed by atoms with van der Waals surface area (Å²) in [5.41, 5.74) is 7.89. The number of anilines is 1. The van der Waals surface area contributed by atoms with E-state index in [-0.39, 0.29) is 5.91 Å². The molecule has 0 saturated carbocycles. The number of benzene rings is 1. The second-order valence-corrected chi connectivity index (χ2v) is 2.99. The van der Waals surface area contributed by atoms with Crippen LogP contribution in [0.1, 0.15) is 15.9 Å². The molecule has 1 aromatic rings.